The SMILES string of the molecule is CCCCCCNC(=O)C1CCCN(C(=O)Cn2c(=O)[nH]c3ccccc3c2=O)C1. The Balaban J connectivity index is 1.62. The molecule has 0 aliphatic carbocycles. The molecule has 1 aromatic heterocycles. The molecule has 1 fully saturated rings. The summed E-state index contributed by atoms with van der Waals surface area (Å²) in [6, 6.07) is 6.72. The molecule has 1 aliphatic rings. The molecule has 0 radical (unpaired) electrons. The van der Waals surface area contributed by atoms with Crippen molar-refractivity contribution in [2.24, 2.45) is 5.92 Å². The Hall–Kier alpha value is -2.90. The number of rotatable bonds is 8. The zero-order valence-corrected chi connectivity index (χ0v) is 17.5. The first-order chi connectivity index (χ1) is 14.5. The summed E-state index contributed by atoms with van der Waals surface area (Å²) >= 11 is 0. The van der Waals surface area contributed by atoms with Crippen LogP contribution in [0.4, 0.5) is 0 Å². The van der Waals surface area contributed by atoms with Crippen LogP contribution in [-0.4, -0.2) is 45.9 Å². The van der Waals surface area contributed by atoms with E-state index in [1.54, 1.807) is 29.2 Å². The van der Waals surface area contributed by atoms with Crippen LogP contribution in [0.1, 0.15) is 45.4 Å². The molecule has 8 heteroatoms. The number of amides is 2. The van der Waals surface area contributed by atoms with Gasteiger partial charge in [0.1, 0.15) is 6.54 Å². The summed E-state index contributed by atoms with van der Waals surface area (Å²) in [5.74, 6) is -0.594. The van der Waals surface area contributed by atoms with E-state index in [0.29, 0.717) is 30.5 Å². The van der Waals surface area contributed by atoms with Gasteiger partial charge >= 0.3 is 5.69 Å². The molecule has 0 bridgehead atoms. The van der Waals surface area contributed by atoms with Gasteiger partial charge in [0.05, 0.1) is 16.8 Å². The molecule has 0 spiro atoms. The molecular weight excluding hydrogens is 384 g/mol. The van der Waals surface area contributed by atoms with Crippen LogP contribution in [-0.2, 0) is 16.1 Å². The van der Waals surface area contributed by atoms with Crippen molar-refractivity contribution >= 4 is 22.7 Å². The van der Waals surface area contributed by atoms with Crippen molar-refractivity contribution in [1.29, 1.82) is 0 Å². The number of piperidine rings is 1. The maximum absolute atomic E-state index is 12.8. The van der Waals surface area contributed by atoms with Crippen molar-refractivity contribution in [1.82, 2.24) is 19.8 Å². The van der Waals surface area contributed by atoms with Crippen LogP contribution in [0.25, 0.3) is 10.9 Å². The van der Waals surface area contributed by atoms with E-state index in [9.17, 15) is 19.2 Å². The molecule has 162 valence electrons. The molecule has 2 aromatic rings. The summed E-state index contributed by atoms with van der Waals surface area (Å²) < 4.78 is 0.933. The Morgan fingerprint density at radius 2 is 1.97 bits per heavy atom. The Morgan fingerprint density at radius 3 is 2.77 bits per heavy atom. The highest BCUT2D eigenvalue weighted by atomic mass is 16.2. The van der Waals surface area contributed by atoms with E-state index in [4.69, 9.17) is 0 Å². The number of hydrogen-bond donors (Lipinski definition) is 2. The number of nitrogens with zero attached hydrogens (tertiary/aromatic N) is 2. The molecule has 1 atom stereocenters. The van der Waals surface area contributed by atoms with Gasteiger partial charge in [0.2, 0.25) is 11.8 Å². The predicted molar refractivity (Wildman–Crippen MR) is 115 cm³/mol. The standard InChI is InChI=1S/C22H30N4O4/c1-2-3-4-7-12-23-20(28)16-9-8-13-25(14-16)19(27)15-26-21(29)17-10-5-6-11-18(17)24-22(26)30/h5-6,10-11,16H,2-4,7-9,12-15H2,1H3,(H,23,28)(H,24,30). The zero-order valence-electron chi connectivity index (χ0n) is 17.5. The number of carbonyl (C=O) groups is 2. The average molecular weight is 415 g/mol. The molecule has 1 saturated heterocycles. The summed E-state index contributed by atoms with van der Waals surface area (Å²) in [5, 5.41) is 3.34. The molecular formula is C22H30N4O4. The number of benzene rings is 1. The van der Waals surface area contributed by atoms with Gasteiger partial charge in [-0.15, -0.1) is 0 Å². The highest BCUT2D eigenvalue weighted by molar-refractivity contribution is 5.82. The largest absolute Gasteiger partial charge is 0.356 e. The number of nitrogens with one attached hydrogen (secondary N) is 2. The molecule has 3 rings (SSSR count). The lowest BCUT2D eigenvalue weighted by atomic mass is 9.97. The summed E-state index contributed by atoms with van der Waals surface area (Å²) in [5.41, 5.74) is -0.642. The van der Waals surface area contributed by atoms with Gasteiger partial charge in [-0.05, 0) is 31.4 Å². The van der Waals surface area contributed by atoms with Gasteiger partial charge in [0.25, 0.3) is 5.56 Å². The number of fused-ring (bicyclic) bond motifs is 1. The Bertz CT molecular complexity index is 1010. The highest BCUT2D eigenvalue weighted by Gasteiger charge is 2.28. The van der Waals surface area contributed by atoms with Gasteiger partial charge in [-0.1, -0.05) is 38.3 Å². The second kappa shape index (κ2) is 10.2. The molecule has 1 unspecified atom stereocenters. The normalized spacial score (nSPS) is 16.6. The molecule has 30 heavy (non-hydrogen) atoms. The van der Waals surface area contributed by atoms with E-state index < -0.39 is 11.2 Å². The summed E-state index contributed by atoms with van der Waals surface area (Å²) in [6.45, 7) is 3.32. The third kappa shape index (κ3) is 5.17. The van der Waals surface area contributed by atoms with Gasteiger partial charge < -0.3 is 15.2 Å². The quantitative estimate of drug-likeness (QED) is 0.641. The number of unbranched alkanes of at least 4 members (excludes halogenated alkanes) is 3. The van der Waals surface area contributed by atoms with E-state index in [2.05, 4.69) is 17.2 Å². The van der Waals surface area contributed by atoms with Crippen LogP contribution in [0.2, 0.25) is 0 Å². The Labute approximate surface area is 175 Å². The number of aromatic amines is 1. The first kappa shape index (κ1) is 21.8. The monoisotopic (exact) mass is 414 g/mol. The molecule has 0 saturated carbocycles. The van der Waals surface area contributed by atoms with E-state index in [1.807, 2.05) is 0 Å². The highest BCUT2D eigenvalue weighted by Crippen LogP contribution is 2.17. The minimum atomic E-state index is -0.606. The average Bonchev–Trinajstić information content (AvgIpc) is 2.76. The fourth-order valence-corrected chi connectivity index (χ4v) is 3.90. The second-order valence-corrected chi connectivity index (χ2v) is 7.90. The lowest BCUT2D eigenvalue weighted by molar-refractivity contribution is -0.136. The number of likely N-dealkylation sites (tertiary alicyclic amines) is 1. The summed E-state index contributed by atoms with van der Waals surface area (Å²) in [6.07, 6.45) is 5.83. The van der Waals surface area contributed by atoms with Crippen LogP contribution in [0.15, 0.2) is 33.9 Å². The number of H-pyrrole nitrogens is 1. The van der Waals surface area contributed by atoms with E-state index in [-0.39, 0.29) is 24.3 Å². The molecule has 2 amide bonds. The minimum Gasteiger partial charge on any atom is -0.356 e. The molecule has 1 aromatic carbocycles. The van der Waals surface area contributed by atoms with Crippen LogP contribution in [0, 0.1) is 5.92 Å². The zero-order chi connectivity index (χ0) is 21.5. The van der Waals surface area contributed by atoms with Crippen molar-refractivity contribution in [2.75, 3.05) is 19.6 Å². The fraction of sp³-hybridized carbons (Fsp3) is 0.545. The molecule has 2 heterocycles. The van der Waals surface area contributed by atoms with Crippen LogP contribution in [0.5, 0.6) is 0 Å². The van der Waals surface area contributed by atoms with Crippen LogP contribution in [0.3, 0.4) is 0 Å². The second-order valence-electron chi connectivity index (χ2n) is 7.90. The van der Waals surface area contributed by atoms with Crippen molar-refractivity contribution < 1.29 is 9.59 Å². The number of hydrogen-bond acceptors (Lipinski definition) is 4. The maximum atomic E-state index is 12.8. The van der Waals surface area contributed by atoms with Crippen molar-refractivity contribution in [3.63, 3.8) is 0 Å². The Morgan fingerprint density at radius 1 is 1.17 bits per heavy atom. The lowest BCUT2D eigenvalue weighted by Gasteiger charge is -2.32. The van der Waals surface area contributed by atoms with Gasteiger partial charge in [-0.3, -0.25) is 19.0 Å². The van der Waals surface area contributed by atoms with E-state index >= 15 is 0 Å². The fourth-order valence-electron chi connectivity index (χ4n) is 3.90. The van der Waals surface area contributed by atoms with Crippen LogP contribution >= 0.6 is 0 Å². The van der Waals surface area contributed by atoms with Crippen molar-refractivity contribution in [3.8, 4) is 0 Å². The van der Waals surface area contributed by atoms with Crippen molar-refractivity contribution in [2.45, 2.75) is 52.0 Å². The van der Waals surface area contributed by atoms with Gasteiger partial charge in [0.15, 0.2) is 0 Å². The first-order valence-corrected chi connectivity index (χ1v) is 10.8. The summed E-state index contributed by atoms with van der Waals surface area (Å²) in [7, 11) is 0. The third-order valence-corrected chi connectivity index (χ3v) is 5.66. The first-order valence-electron chi connectivity index (χ1n) is 10.8. The molecule has 2 N–H and O–H groups in total. The minimum absolute atomic E-state index is 0.0234. The molecule has 1 aliphatic heterocycles. The smallest absolute Gasteiger partial charge is 0.329 e. The van der Waals surface area contributed by atoms with Gasteiger partial charge in [-0.2, -0.15) is 0 Å². The number of carbonyl (C=O) groups excluding carboxylic acids is 2. The Kier molecular flexibility index (Phi) is 7.43. The van der Waals surface area contributed by atoms with E-state index in [0.717, 1.165) is 43.1 Å². The third-order valence-electron chi connectivity index (χ3n) is 5.66. The predicted octanol–water partition coefficient (Wildman–Crippen LogP) is 1.62. The lowest BCUT2D eigenvalue weighted by Crippen LogP contribution is -2.48. The molecule has 8 nitrogen and oxygen atoms in total. The summed E-state index contributed by atoms with van der Waals surface area (Å²) in [4.78, 5) is 54.4. The maximum Gasteiger partial charge on any atom is 0.329 e. The van der Waals surface area contributed by atoms with Gasteiger partial charge in [-0.25, -0.2) is 4.79 Å². The number of para-hydroxylation sites is 1. The van der Waals surface area contributed by atoms with E-state index in [1.165, 1.54) is 0 Å². The van der Waals surface area contributed by atoms with Gasteiger partial charge in [0, 0.05) is 19.6 Å². The topological polar surface area (TPSA) is 104 Å². The number of aromatic nitrogens is 2. The van der Waals surface area contributed by atoms with Crippen molar-refractivity contribution in [3.05, 3.63) is 45.1 Å². The van der Waals surface area contributed by atoms with Crippen LogP contribution < -0.4 is 16.6 Å².